The molecule has 7 nitrogen and oxygen atoms in total. The highest BCUT2D eigenvalue weighted by molar-refractivity contribution is 5.94. The third-order valence-corrected chi connectivity index (χ3v) is 5.37. The largest absolute Gasteiger partial charge is 0.490 e. The van der Waals surface area contributed by atoms with Crippen molar-refractivity contribution >= 4 is 23.0 Å². The minimum atomic E-state index is -0.419. The molecule has 0 aliphatic carbocycles. The second-order valence-electron chi connectivity index (χ2n) is 7.57. The molecule has 2 heterocycles. The summed E-state index contributed by atoms with van der Waals surface area (Å²) in [7, 11) is 0. The van der Waals surface area contributed by atoms with E-state index in [2.05, 4.69) is 12.2 Å². The summed E-state index contributed by atoms with van der Waals surface area (Å²) in [5.74, 6) is 1.69. The summed E-state index contributed by atoms with van der Waals surface area (Å²) in [4.78, 5) is 17.8. The molecule has 32 heavy (non-hydrogen) atoms. The van der Waals surface area contributed by atoms with E-state index in [4.69, 9.17) is 19.2 Å². The van der Waals surface area contributed by atoms with Gasteiger partial charge in [0.05, 0.1) is 42.5 Å². The van der Waals surface area contributed by atoms with Crippen molar-refractivity contribution in [1.29, 1.82) is 0 Å². The van der Waals surface area contributed by atoms with E-state index in [1.807, 2.05) is 67.8 Å². The third kappa shape index (κ3) is 3.90. The second kappa shape index (κ2) is 9.34. The van der Waals surface area contributed by atoms with Crippen molar-refractivity contribution in [2.45, 2.75) is 40.2 Å². The van der Waals surface area contributed by atoms with Gasteiger partial charge < -0.3 is 19.5 Å². The zero-order valence-electron chi connectivity index (χ0n) is 19.0. The molecule has 2 aromatic carbocycles. The maximum absolute atomic E-state index is 13.1. The van der Waals surface area contributed by atoms with Crippen molar-refractivity contribution in [1.82, 2.24) is 9.55 Å². The molecule has 0 bridgehead atoms. The summed E-state index contributed by atoms with van der Waals surface area (Å²) in [5.41, 5.74) is 3.95. The van der Waals surface area contributed by atoms with Crippen molar-refractivity contribution < 1.29 is 19.0 Å². The molecule has 0 saturated heterocycles. The topological polar surface area (TPSA) is 74.6 Å². The van der Waals surface area contributed by atoms with E-state index in [-0.39, 0.29) is 5.97 Å². The lowest BCUT2D eigenvalue weighted by molar-refractivity contribution is -0.139. The molecular formula is C25H29N3O4. The molecule has 1 aliphatic heterocycles. The monoisotopic (exact) mass is 435 g/mol. The second-order valence-corrected chi connectivity index (χ2v) is 7.57. The standard InChI is InChI=1S/C25H29N3O4/c1-5-14-32-20-13-12-17(15-21(20)30-6-2)23-22(24(29)31-7-3)16(4)26-25-27-18-10-8-9-11-19(18)28(23)25/h8-13,15,23H,5-7,14H2,1-4H3,(H,26,27). The number of esters is 1. The Bertz CT molecular complexity index is 1170. The highest BCUT2D eigenvalue weighted by Crippen LogP contribution is 2.42. The number of carbonyl (C=O) groups excluding carboxylic acids is 1. The Hall–Kier alpha value is -3.48. The molecule has 0 saturated carbocycles. The van der Waals surface area contributed by atoms with E-state index in [0.29, 0.717) is 42.8 Å². The van der Waals surface area contributed by atoms with Gasteiger partial charge in [0, 0.05) is 5.70 Å². The first-order valence-electron chi connectivity index (χ1n) is 11.1. The molecule has 0 spiro atoms. The zero-order valence-corrected chi connectivity index (χ0v) is 19.0. The van der Waals surface area contributed by atoms with Crippen LogP contribution in [0.1, 0.15) is 45.7 Å². The van der Waals surface area contributed by atoms with E-state index in [9.17, 15) is 4.79 Å². The maximum Gasteiger partial charge on any atom is 0.338 e. The highest BCUT2D eigenvalue weighted by Gasteiger charge is 2.35. The average molecular weight is 436 g/mol. The fourth-order valence-corrected chi connectivity index (χ4v) is 4.05. The molecule has 1 aliphatic rings. The van der Waals surface area contributed by atoms with Crippen molar-refractivity contribution in [3.63, 3.8) is 0 Å². The van der Waals surface area contributed by atoms with Gasteiger partial charge in [-0.25, -0.2) is 9.78 Å². The first kappa shape index (κ1) is 21.7. The first-order valence-corrected chi connectivity index (χ1v) is 11.1. The fraction of sp³-hybridized carbons (Fsp3) is 0.360. The minimum Gasteiger partial charge on any atom is -0.490 e. The van der Waals surface area contributed by atoms with Crippen molar-refractivity contribution in [2.75, 3.05) is 25.1 Å². The van der Waals surface area contributed by atoms with E-state index >= 15 is 0 Å². The summed E-state index contributed by atoms with van der Waals surface area (Å²) in [6, 6.07) is 13.3. The van der Waals surface area contributed by atoms with Crippen LogP contribution in [0.5, 0.6) is 11.5 Å². The van der Waals surface area contributed by atoms with Gasteiger partial charge in [0.1, 0.15) is 0 Å². The number of para-hydroxylation sites is 2. The number of fused-ring (bicyclic) bond motifs is 3. The van der Waals surface area contributed by atoms with Gasteiger partial charge in [0.2, 0.25) is 5.95 Å². The Morgan fingerprint density at radius 1 is 1.06 bits per heavy atom. The molecule has 7 heteroatoms. The van der Waals surface area contributed by atoms with Crippen LogP contribution in [0.4, 0.5) is 5.95 Å². The van der Waals surface area contributed by atoms with E-state index in [0.717, 1.165) is 28.7 Å². The number of aromatic nitrogens is 2. The van der Waals surface area contributed by atoms with Crippen LogP contribution in [-0.4, -0.2) is 35.3 Å². The normalized spacial score (nSPS) is 15.3. The quantitative estimate of drug-likeness (QED) is 0.498. The molecule has 1 unspecified atom stereocenters. The van der Waals surface area contributed by atoms with Gasteiger partial charge in [-0.15, -0.1) is 0 Å². The molecule has 0 fully saturated rings. The Morgan fingerprint density at radius 3 is 2.62 bits per heavy atom. The van der Waals surface area contributed by atoms with Gasteiger partial charge in [-0.1, -0.05) is 25.1 Å². The molecule has 1 aromatic heterocycles. The number of hydrogen-bond acceptors (Lipinski definition) is 6. The number of ether oxygens (including phenoxy) is 3. The van der Waals surface area contributed by atoms with Crippen LogP contribution in [-0.2, 0) is 9.53 Å². The SMILES string of the molecule is CCCOc1ccc(C2C(C(=O)OCC)=C(C)Nc3nc4ccccc4n32)cc1OCC. The number of benzene rings is 2. The predicted octanol–water partition coefficient (Wildman–Crippen LogP) is 5.08. The zero-order chi connectivity index (χ0) is 22.7. The van der Waals surface area contributed by atoms with Gasteiger partial charge in [0.15, 0.2) is 11.5 Å². The van der Waals surface area contributed by atoms with Crippen LogP contribution < -0.4 is 14.8 Å². The Balaban J connectivity index is 1.91. The Morgan fingerprint density at radius 2 is 1.88 bits per heavy atom. The van der Waals surface area contributed by atoms with Crippen molar-refractivity contribution in [3.05, 3.63) is 59.3 Å². The van der Waals surface area contributed by atoms with Crippen LogP contribution in [0.25, 0.3) is 11.0 Å². The van der Waals surface area contributed by atoms with Crippen LogP contribution in [0.3, 0.4) is 0 Å². The summed E-state index contributed by atoms with van der Waals surface area (Å²) in [6.45, 7) is 9.11. The first-order chi connectivity index (χ1) is 15.6. The lowest BCUT2D eigenvalue weighted by Gasteiger charge is -2.30. The van der Waals surface area contributed by atoms with Gasteiger partial charge in [-0.2, -0.15) is 0 Å². The molecule has 0 amide bonds. The molecule has 4 rings (SSSR count). The Kier molecular flexibility index (Phi) is 6.35. The van der Waals surface area contributed by atoms with Crippen LogP contribution in [0, 0.1) is 0 Å². The van der Waals surface area contributed by atoms with Crippen molar-refractivity contribution in [2.24, 2.45) is 0 Å². The predicted molar refractivity (Wildman–Crippen MR) is 124 cm³/mol. The summed E-state index contributed by atoms with van der Waals surface area (Å²) >= 11 is 0. The molecule has 1 N–H and O–H groups in total. The summed E-state index contributed by atoms with van der Waals surface area (Å²) < 4.78 is 19.3. The van der Waals surface area contributed by atoms with Crippen LogP contribution in [0.2, 0.25) is 0 Å². The van der Waals surface area contributed by atoms with Gasteiger partial charge in [-0.05, 0) is 57.0 Å². The number of nitrogens with one attached hydrogen (secondary N) is 1. The number of nitrogens with zero attached hydrogens (tertiary/aromatic N) is 2. The fourth-order valence-electron chi connectivity index (χ4n) is 4.05. The molecule has 3 aromatic rings. The summed E-state index contributed by atoms with van der Waals surface area (Å²) in [5, 5.41) is 3.29. The van der Waals surface area contributed by atoms with E-state index in [1.165, 1.54) is 0 Å². The Labute approximate surface area is 188 Å². The smallest absolute Gasteiger partial charge is 0.338 e. The number of hydrogen-bond donors (Lipinski definition) is 1. The average Bonchev–Trinajstić information content (AvgIpc) is 3.15. The van der Waals surface area contributed by atoms with Gasteiger partial charge in [-0.3, -0.25) is 4.57 Å². The summed E-state index contributed by atoms with van der Waals surface area (Å²) in [6.07, 6.45) is 0.904. The van der Waals surface area contributed by atoms with Gasteiger partial charge in [0.25, 0.3) is 0 Å². The van der Waals surface area contributed by atoms with Gasteiger partial charge >= 0.3 is 5.97 Å². The number of rotatable bonds is 8. The molecule has 1 atom stereocenters. The maximum atomic E-state index is 13.1. The number of carbonyl (C=O) groups is 1. The number of allylic oxidation sites excluding steroid dienone is 1. The lowest BCUT2D eigenvalue weighted by Crippen LogP contribution is -2.29. The molecule has 0 radical (unpaired) electrons. The minimum absolute atomic E-state index is 0.299. The molecular weight excluding hydrogens is 406 g/mol. The highest BCUT2D eigenvalue weighted by atomic mass is 16.5. The van der Waals surface area contributed by atoms with E-state index < -0.39 is 6.04 Å². The van der Waals surface area contributed by atoms with E-state index in [1.54, 1.807) is 0 Å². The van der Waals surface area contributed by atoms with Crippen molar-refractivity contribution in [3.8, 4) is 11.5 Å². The van der Waals surface area contributed by atoms with Crippen LogP contribution in [0.15, 0.2) is 53.7 Å². The van der Waals surface area contributed by atoms with Crippen LogP contribution >= 0.6 is 0 Å². The third-order valence-electron chi connectivity index (χ3n) is 5.37. The number of anilines is 1. The number of imidazole rings is 1. The lowest BCUT2D eigenvalue weighted by atomic mass is 9.94. The molecule has 168 valence electrons.